The van der Waals surface area contributed by atoms with Crippen LogP contribution in [0.25, 0.3) is 11.0 Å². The normalized spacial score (nSPS) is 10.6. The highest BCUT2D eigenvalue weighted by Gasteiger charge is 2.13. The molecule has 1 aromatic heterocycles. The van der Waals surface area contributed by atoms with Crippen LogP contribution in [0.5, 0.6) is 11.5 Å². The SMILES string of the molecule is Cc1ccc(C)c(OCC(=O)Oc2ccc3cc(C(N)=O)c(=O)oc3c2)c1. The zero-order chi connectivity index (χ0) is 19.6. The first-order valence-corrected chi connectivity index (χ1v) is 8.12. The molecule has 0 aliphatic carbocycles. The van der Waals surface area contributed by atoms with Gasteiger partial charge in [-0.15, -0.1) is 0 Å². The number of hydrogen-bond acceptors (Lipinski definition) is 6. The Hall–Kier alpha value is -3.61. The van der Waals surface area contributed by atoms with E-state index < -0.39 is 17.5 Å². The van der Waals surface area contributed by atoms with Crippen LogP contribution in [0, 0.1) is 13.8 Å². The van der Waals surface area contributed by atoms with E-state index in [1.807, 2.05) is 32.0 Å². The van der Waals surface area contributed by atoms with Crippen LogP contribution >= 0.6 is 0 Å². The second-order valence-electron chi connectivity index (χ2n) is 6.04. The van der Waals surface area contributed by atoms with Crippen molar-refractivity contribution in [1.29, 1.82) is 0 Å². The molecule has 27 heavy (non-hydrogen) atoms. The van der Waals surface area contributed by atoms with Crippen molar-refractivity contribution < 1.29 is 23.5 Å². The number of primary amides is 1. The van der Waals surface area contributed by atoms with Gasteiger partial charge in [0.05, 0.1) is 0 Å². The molecule has 2 aromatic carbocycles. The van der Waals surface area contributed by atoms with Crippen LogP contribution in [0.4, 0.5) is 0 Å². The van der Waals surface area contributed by atoms with E-state index >= 15 is 0 Å². The van der Waals surface area contributed by atoms with Gasteiger partial charge in [-0.3, -0.25) is 4.79 Å². The number of aryl methyl sites for hydroxylation is 2. The molecular weight excluding hydrogens is 350 g/mol. The highest BCUT2D eigenvalue weighted by molar-refractivity contribution is 5.95. The van der Waals surface area contributed by atoms with Gasteiger partial charge in [0.1, 0.15) is 22.6 Å². The fourth-order valence-electron chi connectivity index (χ4n) is 2.49. The Bertz CT molecular complexity index is 1100. The molecule has 0 atom stereocenters. The van der Waals surface area contributed by atoms with Gasteiger partial charge in [0.15, 0.2) is 6.61 Å². The standard InChI is InChI=1S/C20H17NO6/c1-11-3-4-12(2)16(7-11)25-10-18(22)26-14-6-5-13-8-15(19(21)23)20(24)27-17(13)9-14/h3-9H,10H2,1-2H3,(H2,21,23). The van der Waals surface area contributed by atoms with E-state index in [0.29, 0.717) is 11.1 Å². The number of benzene rings is 2. The number of carbonyl (C=O) groups excluding carboxylic acids is 2. The minimum Gasteiger partial charge on any atom is -0.482 e. The molecule has 0 unspecified atom stereocenters. The van der Waals surface area contributed by atoms with Crippen LogP contribution in [0.15, 0.2) is 51.7 Å². The molecule has 0 aliphatic rings. The molecule has 7 nitrogen and oxygen atoms in total. The Labute approximate surface area is 154 Å². The molecule has 0 radical (unpaired) electrons. The van der Waals surface area contributed by atoms with Crippen molar-refractivity contribution in [2.24, 2.45) is 5.73 Å². The van der Waals surface area contributed by atoms with Gasteiger partial charge in [0.2, 0.25) is 0 Å². The lowest BCUT2D eigenvalue weighted by molar-refractivity contribution is -0.136. The number of amides is 1. The predicted octanol–water partition coefficient (Wildman–Crippen LogP) is 2.49. The summed E-state index contributed by atoms with van der Waals surface area (Å²) >= 11 is 0. The third-order valence-electron chi connectivity index (χ3n) is 3.89. The fourth-order valence-corrected chi connectivity index (χ4v) is 2.49. The van der Waals surface area contributed by atoms with Gasteiger partial charge >= 0.3 is 11.6 Å². The van der Waals surface area contributed by atoms with E-state index in [4.69, 9.17) is 19.6 Å². The topological polar surface area (TPSA) is 109 Å². The Morgan fingerprint density at radius 1 is 1.07 bits per heavy atom. The van der Waals surface area contributed by atoms with Crippen molar-refractivity contribution in [2.45, 2.75) is 13.8 Å². The van der Waals surface area contributed by atoms with Gasteiger partial charge in [-0.25, -0.2) is 9.59 Å². The molecule has 3 aromatic rings. The van der Waals surface area contributed by atoms with Crippen molar-refractivity contribution in [3.63, 3.8) is 0 Å². The largest absolute Gasteiger partial charge is 0.482 e. The summed E-state index contributed by atoms with van der Waals surface area (Å²) in [7, 11) is 0. The molecule has 0 spiro atoms. The second kappa shape index (κ2) is 7.33. The smallest absolute Gasteiger partial charge is 0.349 e. The Kier molecular flexibility index (Phi) is 4.94. The lowest BCUT2D eigenvalue weighted by Crippen LogP contribution is -2.20. The minimum atomic E-state index is -0.871. The number of fused-ring (bicyclic) bond motifs is 1. The maximum Gasteiger partial charge on any atom is 0.349 e. The van der Waals surface area contributed by atoms with Gasteiger partial charge < -0.3 is 19.6 Å². The van der Waals surface area contributed by atoms with Crippen LogP contribution < -0.4 is 20.8 Å². The lowest BCUT2D eigenvalue weighted by Gasteiger charge is -2.10. The first-order valence-electron chi connectivity index (χ1n) is 8.12. The third kappa shape index (κ3) is 4.14. The van der Waals surface area contributed by atoms with E-state index in [-0.39, 0.29) is 23.5 Å². The van der Waals surface area contributed by atoms with Gasteiger partial charge in [-0.05, 0) is 49.2 Å². The molecule has 0 saturated carbocycles. The third-order valence-corrected chi connectivity index (χ3v) is 3.89. The minimum absolute atomic E-state index is 0.172. The van der Waals surface area contributed by atoms with Gasteiger partial charge in [0, 0.05) is 11.5 Å². The number of esters is 1. The van der Waals surface area contributed by atoms with Gasteiger partial charge in [-0.2, -0.15) is 0 Å². The monoisotopic (exact) mass is 367 g/mol. The van der Waals surface area contributed by atoms with Crippen molar-refractivity contribution in [2.75, 3.05) is 6.61 Å². The first kappa shape index (κ1) is 18.2. The molecular formula is C20H17NO6. The molecule has 3 rings (SSSR count). The van der Waals surface area contributed by atoms with Crippen molar-refractivity contribution in [3.05, 3.63) is 69.6 Å². The molecule has 138 valence electrons. The van der Waals surface area contributed by atoms with Crippen molar-refractivity contribution in [1.82, 2.24) is 0 Å². The number of ether oxygens (including phenoxy) is 2. The summed E-state index contributed by atoms with van der Waals surface area (Å²) in [6.45, 7) is 3.54. The molecule has 7 heteroatoms. The Balaban J connectivity index is 1.73. The maximum atomic E-state index is 12.0. The zero-order valence-corrected chi connectivity index (χ0v) is 14.8. The molecule has 0 saturated heterocycles. The van der Waals surface area contributed by atoms with Crippen LogP contribution in [0.2, 0.25) is 0 Å². The van der Waals surface area contributed by atoms with Crippen LogP contribution in [-0.4, -0.2) is 18.5 Å². The summed E-state index contributed by atoms with van der Waals surface area (Å²) in [5.74, 6) is -0.682. The van der Waals surface area contributed by atoms with Crippen molar-refractivity contribution >= 4 is 22.8 Å². The average molecular weight is 367 g/mol. The molecule has 0 bridgehead atoms. The molecule has 1 amide bonds. The number of carbonyl (C=O) groups is 2. The van der Waals surface area contributed by atoms with E-state index in [9.17, 15) is 14.4 Å². The second-order valence-corrected chi connectivity index (χ2v) is 6.04. The summed E-state index contributed by atoms with van der Waals surface area (Å²) in [6, 6.07) is 11.5. The van der Waals surface area contributed by atoms with Crippen LogP contribution in [-0.2, 0) is 4.79 Å². The van der Waals surface area contributed by atoms with E-state index in [0.717, 1.165) is 11.1 Å². The van der Waals surface area contributed by atoms with Crippen LogP contribution in [0.1, 0.15) is 21.5 Å². The number of hydrogen-bond donors (Lipinski definition) is 1. The van der Waals surface area contributed by atoms with E-state index in [1.165, 1.54) is 18.2 Å². The zero-order valence-electron chi connectivity index (χ0n) is 14.8. The summed E-state index contributed by atoms with van der Waals surface area (Å²) in [4.78, 5) is 35.0. The Morgan fingerprint density at radius 2 is 1.85 bits per heavy atom. The molecule has 0 fully saturated rings. The summed E-state index contributed by atoms with van der Waals surface area (Å²) in [5, 5.41) is 0.481. The van der Waals surface area contributed by atoms with Crippen molar-refractivity contribution in [3.8, 4) is 11.5 Å². The summed E-state index contributed by atoms with van der Waals surface area (Å²) < 4.78 is 15.8. The van der Waals surface area contributed by atoms with Gasteiger partial charge in [0.25, 0.3) is 5.91 Å². The molecule has 1 heterocycles. The quantitative estimate of drug-likeness (QED) is 0.422. The summed E-state index contributed by atoms with van der Waals surface area (Å²) in [6.07, 6.45) is 0. The lowest BCUT2D eigenvalue weighted by atomic mass is 10.1. The maximum absolute atomic E-state index is 12.0. The number of nitrogens with two attached hydrogens (primary N) is 1. The van der Waals surface area contributed by atoms with Crippen LogP contribution in [0.3, 0.4) is 0 Å². The van der Waals surface area contributed by atoms with Gasteiger partial charge in [-0.1, -0.05) is 12.1 Å². The highest BCUT2D eigenvalue weighted by atomic mass is 16.6. The predicted molar refractivity (Wildman–Crippen MR) is 98.0 cm³/mol. The molecule has 2 N–H and O–H groups in total. The first-order chi connectivity index (χ1) is 12.8. The highest BCUT2D eigenvalue weighted by Crippen LogP contribution is 2.22. The summed E-state index contributed by atoms with van der Waals surface area (Å²) in [5.41, 5.74) is 6.13. The van der Waals surface area contributed by atoms with E-state index in [2.05, 4.69) is 0 Å². The fraction of sp³-hybridized carbons (Fsp3) is 0.150. The molecule has 0 aliphatic heterocycles. The van der Waals surface area contributed by atoms with E-state index in [1.54, 1.807) is 6.07 Å². The number of rotatable bonds is 5. The Morgan fingerprint density at radius 3 is 2.59 bits per heavy atom. The average Bonchev–Trinajstić information content (AvgIpc) is 2.61.